The number of sulfonamides is 1. The number of aliphatic hydroxyl groups is 1. The van der Waals surface area contributed by atoms with E-state index < -0.39 is 44.7 Å². The molecule has 12 nitrogen and oxygen atoms in total. The van der Waals surface area contributed by atoms with Crippen LogP contribution < -0.4 is 10.6 Å². The first-order valence-corrected chi connectivity index (χ1v) is 13.4. The second kappa shape index (κ2) is 12.4. The van der Waals surface area contributed by atoms with E-state index in [9.17, 15) is 18.0 Å². The molecule has 1 aliphatic rings. The zero-order chi connectivity index (χ0) is 29.6. The van der Waals surface area contributed by atoms with Crippen molar-refractivity contribution < 1.29 is 37.0 Å². The first-order chi connectivity index (χ1) is 18.0. The van der Waals surface area contributed by atoms with E-state index in [1.165, 1.54) is 45.3 Å². The van der Waals surface area contributed by atoms with Crippen molar-refractivity contribution in [1.82, 2.24) is 9.62 Å². The van der Waals surface area contributed by atoms with Crippen molar-refractivity contribution in [2.75, 3.05) is 31.3 Å². The fourth-order valence-corrected chi connectivity index (χ4v) is 4.80. The van der Waals surface area contributed by atoms with E-state index in [1.807, 2.05) is 0 Å². The summed E-state index contributed by atoms with van der Waals surface area (Å²) in [7, 11) is -2.82. The van der Waals surface area contributed by atoms with Gasteiger partial charge >= 0.3 is 6.09 Å². The van der Waals surface area contributed by atoms with Gasteiger partial charge in [0.25, 0.3) is 5.91 Å². The Labute approximate surface area is 227 Å². The second-order valence-corrected chi connectivity index (χ2v) is 11.7. The lowest BCUT2D eigenvalue weighted by atomic mass is 9.93. The van der Waals surface area contributed by atoms with Gasteiger partial charge in [0.2, 0.25) is 16.0 Å². The fraction of sp³-hybridized carbons (Fsp3) is 0.440. The molecule has 1 heterocycles. The largest absolute Gasteiger partial charge is 0.490 e. The fourth-order valence-electron chi connectivity index (χ4n) is 3.33. The number of carbonyl (C=O) groups is 2. The molecule has 1 aliphatic heterocycles. The van der Waals surface area contributed by atoms with Gasteiger partial charge in [0.05, 0.1) is 18.6 Å². The van der Waals surface area contributed by atoms with Crippen LogP contribution in [0.1, 0.15) is 40.2 Å². The minimum absolute atomic E-state index is 0.0265. The maximum Gasteiger partial charge on any atom is 0.414 e. The number of carbonyl (C=O) groups excluding carboxylic acids is 2. The summed E-state index contributed by atoms with van der Waals surface area (Å²) in [6, 6.07) is 3.64. The standard InChI is InChI=1S/C25H34FN5O7S/c1-8-18(37-12-11-32)14-27-16(2)21(33)28-17-9-10-20(26)19(13-17)25(6)15-39(35,36)31(7)22(30-25)29-23(34)38-24(3,4)5/h8-10,13-14,32H,1,11-12,15H2,2-7H3,(H,28,33)(H,29,30,34)/b18-14+,27-16?/t25-/m0/s1. The van der Waals surface area contributed by atoms with Gasteiger partial charge in [0.15, 0.2) is 0 Å². The van der Waals surface area contributed by atoms with E-state index in [-0.39, 0.29) is 41.9 Å². The SMILES string of the molecule is C=C/C(=C\N=C(C)C(=O)Nc1ccc(F)c([C@]2(C)CS(=O)(=O)N(C)C(NC(=O)OC(C)(C)C)=N2)c1)OCCO. The second-order valence-electron chi connectivity index (χ2n) is 9.73. The summed E-state index contributed by atoms with van der Waals surface area (Å²) < 4.78 is 52.1. The van der Waals surface area contributed by atoms with Gasteiger partial charge < -0.3 is 19.9 Å². The molecule has 1 aromatic carbocycles. The van der Waals surface area contributed by atoms with Gasteiger partial charge in [0.1, 0.15) is 35.0 Å². The minimum atomic E-state index is -4.03. The van der Waals surface area contributed by atoms with E-state index in [2.05, 4.69) is 27.2 Å². The average molecular weight is 568 g/mol. The van der Waals surface area contributed by atoms with Crippen molar-refractivity contribution in [3.05, 3.63) is 54.2 Å². The number of halogens is 1. The lowest BCUT2D eigenvalue weighted by molar-refractivity contribution is -0.110. The Bertz CT molecular complexity index is 1320. The normalized spacial score (nSPS) is 19.6. The zero-order valence-electron chi connectivity index (χ0n) is 22.7. The molecule has 0 bridgehead atoms. The summed E-state index contributed by atoms with van der Waals surface area (Å²) in [5.74, 6) is -2.09. The lowest BCUT2D eigenvalue weighted by Gasteiger charge is -2.36. The Morgan fingerprint density at radius 3 is 2.59 bits per heavy atom. The molecule has 0 aromatic heterocycles. The van der Waals surface area contributed by atoms with Crippen molar-refractivity contribution in [2.45, 2.75) is 45.8 Å². The van der Waals surface area contributed by atoms with Crippen molar-refractivity contribution in [1.29, 1.82) is 0 Å². The zero-order valence-corrected chi connectivity index (χ0v) is 23.6. The van der Waals surface area contributed by atoms with E-state index in [0.29, 0.717) is 0 Å². The number of aliphatic hydroxyl groups excluding tert-OH is 1. The number of alkyl carbamates (subject to hydrolysis) is 1. The number of benzene rings is 1. The van der Waals surface area contributed by atoms with Gasteiger partial charge in [-0.15, -0.1) is 0 Å². The molecule has 0 spiro atoms. The molecule has 3 N–H and O–H groups in total. The molecule has 1 aromatic rings. The molecule has 14 heteroatoms. The van der Waals surface area contributed by atoms with Crippen LogP contribution in [0.15, 0.2) is 52.8 Å². The summed E-state index contributed by atoms with van der Waals surface area (Å²) in [6.07, 6.45) is 1.69. The first-order valence-electron chi connectivity index (χ1n) is 11.8. The highest BCUT2D eigenvalue weighted by molar-refractivity contribution is 7.89. The Kier molecular flexibility index (Phi) is 9.98. The molecule has 0 saturated heterocycles. The maximum absolute atomic E-state index is 15.0. The summed E-state index contributed by atoms with van der Waals surface area (Å²) >= 11 is 0. The first kappa shape index (κ1) is 31.4. The molecule has 0 aliphatic carbocycles. The van der Waals surface area contributed by atoms with Crippen LogP contribution in [-0.4, -0.2) is 73.1 Å². The van der Waals surface area contributed by atoms with Crippen molar-refractivity contribution in [3.8, 4) is 0 Å². The van der Waals surface area contributed by atoms with Gasteiger partial charge in [-0.25, -0.2) is 26.9 Å². The van der Waals surface area contributed by atoms with E-state index >= 15 is 4.39 Å². The van der Waals surface area contributed by atoms with Crippen LogP contribution in [-0.2, 0) is 29.8 Å². The molecule has 39 heavy (non-hydrogen) atoms. The third-order valence-electron chi connectivity index (χ3n) is 5.22. The average Bonchev–Trinajstić information content (AvgIpc) is 2.81. The monoisotopic (exact) mass is 567 g/mol. The van der Waals surface area contributed by atoms with Gasteiger partial charge in [0, 0.05) is 18.3 Å². The molecule has 214 valence electrons. The molecule has 0 radical (unpaired) electrons. The van der Waals surface area contributed by atoms with E-state index in [4.69, 9.17) is 14.6 Å². The Balaban J connectivity index is 2.39. The molecular weight excluding hydrogens is 533 g/mol. The highest BCUT2D eigenvalue weighted by atomic mass is 32.2. The summed E-state index contributed by atoms with van der Waals surface area (Å²) in [6.45, 7) is 11.1. The summed E-state index contributed by atoms with van der Waals surface area (Å²) in [5.41, 5.74) is -2.45. The molecule has 2 amide bonds. The predicted octanol–water partition coefficient (Wildman–Crippen LogP) is 2.63. The predicted molar refractivity (Wildman–Crippen MR) is 145 cm³/mol. The van der Waals surface area contributed by atoms with Gasteiger partial charge in [-0.2, -0.15) is 0 Å². The quantitative estimate of drug-likeness (QED) is 0.247. The number of allylic oxidation sites excluding steroid dienone is 1. The Morgan fingerprint density at radius 2 is 2.00 bits per heavy atom. The lowest BCUT2D eigenvalue weighted by Crippen LogP contribution is -2.54. The highest BCUT2D eigenvalue weighted by Crippen LogP contribution is 2.35. The Hall–Kier alpha value is -3.78. The van der Waals surface area contributed by atoms with Crippen LogP contribution in [0.3, 0.4) is 0 Å². The summed E-state index contributed by atoms with van der Waals surface area (Å²) in [5, 5.41) is 13.7. The van der Waals surface area contributed by atoms with Crippen LogP contribution in [0, 0.1) is 5.82 Å². The number of nitrogens with one attached hydrogen (secondary N) is 2. The molecule has 0 saturated carbocycles. The number of nitrogens with zero attached hydrogens (tertiary/aromatic N) is 3. The highest BCUT2D eigenvalue weighted by Gasteiger charge is 2.43. The molecule has 0 fully saturated rings. The number of hydrogen-bond acceptors (Lipinski definition) is 9. The van der Waals surface area contributed by atoms with Gasteiger partial charge in [-0.05, 0) is 58.9 Å². The van der Waals surface area contributed by atoms with Gasteiger partial charge in [-0.1, -0.05) is 6.58 Å². The molecule has 0 unspecified atom stereocenters. The molecule has 2 rings (SSSR count). The van der Waals surface area contributed by atoms with Crippen molar-refractivity contribution >= 4 is 39.4 Å². The molecular formula is C25H34FN5O7S. The van der Waals surface area contributed by atoms with Crippen LogP contribution in [0.5, 0.6) is 0 Å². The third kappa shape index (κ3) is 8.61. The van der Waals surface area contributed by atoms with Crippen molar-refractivity contribution in [2.24, 2.45) is 9.98 Å². The minimum Gasteiger partial charge on any atom is -0.490 e. The maximum atomic E-state index is 15.0. The van der Waals surface area contributed by atoms with E-state index in [1.54, 1.807) is 20.8 Å². The van der Waals surface area contributed by atoms with E-state index in [0.717, 1.165) is 10.4 Å². The Morgan fingerprint density at radius 1 is 1.33 bits per heavy atom. The van der Waals surface area contributed by atoms with Crippen LogP contribution in [0.4, 0.5) is 14.9 Å². The number of amides is 2. The topological polar surface area (TPSA) is 159 Å². The summed E-state index contributed by atoms with van der Waals surface area (Å²) in [4.78, 5) is 33.3. The van der Waals surface area contributed by atoms with Crippen LogP contribution in [0.25, 0.3) is 0 Å². The number of rotatable bonds is 8. The number of aliphatic imine (C=N–C) groups is 2. The number of anilines is 1. The number of ether oxygens (including phenoxy) is 2. The molecule has 1 atom stereocenters. The smallest absolute Gasteiger partial charge is 0.414 e. The van der Waals surface area contributed by atoms with Gasteiger partial charge in [-0.3, -0.25) is 15.1 Å². The third-order valence-corrected chi connectivity index (χ3v) is 7.16. The van der Waals surface area contributed by atoms with Crippen molar-refractivity contribution in [3.63, 3.8) is 0 Å². The number of hydrogen-bond donors (Lipinski definition) is 3. The number of guanidine groups is 1. The van der Waals surface area contributed by atoms with Crippen LogP contribution in [0.2, 0.25) is 0 Å². The van der Waals surface area contributed by atoms with Crippen LogP contribution >= 0.6 is 0 Å².